The second kappa shape index (κ2) is 9.53. The van der Waals surface area contributed by atoms with Crippen molar-refractivity contribution in [3.05, 3.63) is 48.3 Å². The number of carbonyl (C=O) groups is 2. The summed E-state index contributed by atoms with van der Waals surface area (Å²) < 4.78 is 31.7. The average Bonchev–Trinajstić information content (AvgIpc) is 2.67. The molecule has 30 heavy (non-hydrogen) atoms. The summed E-state index contributed by atoms with van der Waals surface area (Å²) in [7, 11) is 1.84. The second-order valence-electron chi connectivity index (χ2n) is 6.73. The Morgan fingerprint density at radius 3 is 2.30 bits per heavy atom. The van der Waals surface area contributed by atoms with E-state index in [1.165, 1.54) is 0 Å². The molecule has 8 nitrogen and oxygen atoms in total. The minimum absolute atomic E-state index is 0.00669. The molecule has 1 saturated carbocycles. The Kier molecular flexibility index (Phi) is 7.33. The maximum atomic E-state index is 12.8. The number of anilines is 2. The molecule has 2 aromatic rings. The van der Waals surface area contributed by atoms with Gasteiger partial charge in [-0.05, 0) is 43.5 Å². The zero-order valence-electron chi connectivity index (χ0n) is 16.2. The Morgan fingerprint density at radius 1 is 1.23 bits per heavy atom. The largest absolute Gasteiger partial charge is 0.490 e. The molecule has 1 aromatic heterocycles. The summed E-state index contributed by atoms with van der Waals surface area (Å²) in [5.74, 6) is -2.26. The van der Waals surface area contributed by atoms with Gasteiger partial charge < -0.3 is 21.1 Å². The topological polar surface area (TPSA) is 121 Å². The normalized spacial score (nSPS) is 14.6. The van der Waals surface area contributed by atoms with E-state index in [4.69, 9.17) is 15.6 Å². The van der Waals surface area contributed by atoms with Crippen LogP contribution >= 0.6 is 0 Å². The van der Waals surface area contributed by atoms with Gasteiger partial charge in [-0.15, -0.1) is 0 Å². The van der Waals surface area contributed by atoms with E-state index >= 15 is 0 Å². The predicted molar refractivity (Wildman–Crippen MR) is 103 cm³/mol. The number of carboxylic acid groups (broad SMARTS) is 1. The van der Waals surface area contributed by atoms with Gasteiger partial charge in [-0.3, -0.25) is 4.79 Å². The molecule has 1 heterocycles. The number of nitrogens with zero attached hydrogens (tertiary/aromatic N) is 3. The van der Waals surface area contributed by atoms with Crippen LogP contribution < -0.4 is 11.1 Å². The van der Waals surface area contributed by atoms with Crippen molar-refractivity contribution in [3.8, 4) is 0 Å². The number of carbonyl (C=O) groups excluding carboxylic acids is 1. The lowest BCUT2D eigenvalue weighted by atomic mass is 9.75. The maximum Gasteiger partial charge on any atom is 0.490 e. The highest BCUT2D eigenvalue weighted by atomic mass is 19.4. The summed E-state index contributed by atoms with van der Waals surface area (Å²) in [6, 6.07) is 9.12. The molecule has 0 bridgehead atoms. The van der Waals surface area contributed by atoms with E-state index in [2.05, 4.69) is 15.3 Å². The third-order valence-corrected chi connectivity index (χ3v) is 4.85. The van der Waals surface area contributed by atoms with Crippen molar-refractivity contribution in [3.63, 3.8) is 0 Å². The zero-order valence-corrected chi connectivity index (χ0v) is 16.2. The summed E-state index contributed by atoms with van der Waals surface area (Å²) in [5.41, 5.74) is 7.13. The minimum atomic E-state index is -5.08. The van der Waals surface area contributed by atoms with Crippen LogP contribution in [0.5, 0.6) is 0 Å². The molecule has 0 radical (unpaired) electrons. The fourth-order valence-corrected chi connectivity index (χ4v) is 2.89. The lowest BCUT2D eigenvalue weighted by Crippen LogP contribution is -2.58. The van der Waals surface area contributed by atoms with Crippen molar-refractivity contribution >= 4 is 23.5 Å². The van der Waals surface area contributed by atoms with Crippen molar-refractivity contribution in [2.75, 3.05) is 18.9 Å². The number of hydrogen-bond acceptors (Lipinski definition) is 6. The van der Waals surface area contributed by atoms with Gasteiger partial charge in [-0.2, -0.15) is 13.2 Å². The Hall–Kier alpha value is -3.21. The van der Waals surface area contributed by atoms with Crippen LogP contribution in [0.2, 0.25) is 0 Å². The third kappa shape index (κ3) is 5.66. The van der Waals surface area contributed by atoms with Crippen LogP contribution in [0.3, 0.4) is 0 Å². The molecule has 0 saturated heterocycles. The molecule has 0 aliphatic heterocycles. The Balaban J connectivity index is 0.000000396. The van der Waals surface area contributed by atoms with Crippen LogP contribution in [-0.2, 0) is 4.79 Å². The van der Waals surface area contributed by atoms with Gasteiger partial charge in [0, 0.05) is 37.2 Å². The summed E-state index contributed by atoms with van der Waals surface area (Å²) in [6.07, 6.45) is 1.32. The van der Waals surface area contributed by atoms with Crippen LogP contribution in [0, 0.1) is 0 Å². The number of nitrogens with two attached hydrogens (primary N) is 1. The lowest BCUT2D eigenvalue weighted by molar-refractivity contribution is -0.192. The van der Waals surface area contributed by atoms with Gasteiger partial charge in [0.15, 0.2) is 0 Å². The molecule has 1 aliphatic carbocycles. The molecule has 0 spiro atoms. The summed E-state index contributed by atoms with van der Waals surface area (Å²) in [5, 5.41) is 10.2. The van der Waals surface area contributed by atoms with Crippen molar-refractivity contribution in [2.45, 2.75) is 31.0 Å². The van der Waals surface area contributed by atoms with Crippen molar-refractivity contribution in [2.24, 2.45) is 5.73 Å². The third-order valence-electron chi connectivity index (χ3n) is 4.85. The van der Waals surface area contributed by atoms with Crippen LogP contribution in [-0.4, -0.2) is 57.2 Å². The van der Waals surface area contributed by atoms with Crippen molar-refractivity contribution < 1.29 is 27.9 Å². The molecule has 1 fully saturated rings. The van der Waals surface area contributed by atoms with E-state index in [-0.39, 0.29) is 11.4 Å². The van der Waals surface area contributed by atoms with Crippen LogP contribution in [0.1, 0.15) is 29.6 Å². The Labute approximate surface area is 170 Å². The standard InChI is InChI=1S/C17H21N5O.C2HF3O2/c1-22(17(12-18)7-3-8-17)15(23)13-5-2-6-14(11-13)21-16-19-9-4-10-20-16;3-2(4,5)1(6)7/h2,4-6,9-11H,3,7-8,12,18H2,1H3,(H,19,20,21);(H,6,7). The van der Waals surface area contributed by atoms with Gasteiger partial charge in [0.25, 0.3) is 5.91 Å². The van der Waals surface area contributed by atoms with Crippen LogP contribution in [0.4, 0.5) is 24.8 Å². The molecule has 0 unspecified atom stereocenters. The molecule has 4 N–H and O–H groups in total. The number of nitrogens with one attached hydrogen (secondary N) is 1. The number of aromatic nitrogens is 2. The summed E-state index contributed by atoms with van der Waals surface area (Å²) in [6.45, 7) is 0.505. The first-order chi connectivity index (χ1) is 14.1. The number of likely N-dealkylation sites (N-methyl/N-ethyl adjacent to an activating group) is 1. The van der Waals surface area contributed by atoms with E-state index < -0.39 is 12.1 Å². The van der Waals surface area contributed by atoms with E-state index in [0.29, 0.717) is 18.1 Å². The number of amides is 1. The molecule has 3 rings (SSSR count). The molecular weight excluding hydrogens is 403 g/mol. The molecule has 11 heteroatoms. The number of rotatable bonds is 5. The smallest absolute Gasteiger partial charge is 0.475 e. The highest BCUT2D eigenvalue weighted by molar-refractivity contribution is 5.95. The fourth-order valence-electron chi connectivity index (χ4n) is 2.89. The number of benzene rings is 1. The Morgan fingerprint density at radius 2 is 1.83 bits per heavy atom. The lowest BCUT2D eigenvalue weighted by Gasteiger charge is -2.48. The fraction of sp³-hybridized carbons (Fsp3) is 0.368. The highest BCUT2D eigenvalue weighted by Crippen LogP contribution is 2.36. The second-order valence-corrected chi connectivity index (χ2v) is 6.73. The number of alkyl halides is 3. The van der Waals surface area contributed by atoms with Gasteiger partial charge >= 0.3 is 12.1 Å². The number of hydrogen-bond donors (Lipinski definition) is 3. The van der Waals surface area contributed by atoms with E-state index in [1.54, 1.807) is 23.4 Å². The first kappa shape index (κ1) is 23.1. The van der Waals surface area contributed by atoms with E-state index in [9.17, 15) is 18.0 Å². The summed E-state index contributed by atoms with van der Waals surface area (Å²) >= 11 is 0. The first-order valence-electron chi connectivity index (χ1n) is 9.01. The quantitative estimate of drug-likeness (QED) is 0.673. The molecule has 1 amide bonds. The van der Waals surface area contributed by atoms with Crippen LogP contribution in [0.25, 0.3) is 0 Å². The van der Waals surface area contributed by atoms with Gasteiger partial charge in [-0.25, -0.2) is 14.8 Å². The van der Waals surface area contributed by atoms with Gasteiger partial charge in [0.05, 0.1) is 5.54 Å². The molecular formula is C19H22F3N5O3. The maximum absolute atomic E-state index is 12.8. The first-order valence-corrected chi connectivity index (χ1v) is 9.01. The van der Waals surface area contributed by atoms with E-state index in [1.807, 2.05) is 31.3 Å². The molecule has 162 valence electrons. The summed E-state index contributed by atoms with van der Waals surface area (Å²) in [4.78, 5) is 31.7. The molecule has 0 atom stereocenters. The van der Waals surface area contributed by atoms with Gasteiger partial charge in [0.1, 0.15) is 0 Å². The number of aliphatic carboxylic acids is 1. The SMILES string of the molecule is CN(C(=O)c1cccc(Nc2ncccn2)c1)C1(CN)CCC1.O=C(O)C(F)(F)F. The highest BCUT2D eigenvalue weighted by Gasteiger charge is 2.42. The molecule has 1 aromatic carbocycles. The molecule has 1 aliphatic rings. The van der Waals surface area contributed by atoms with Gasteiger partial charge in [0.2, 0.25) is 5.95 Å². The van der Waals surface area contributed by atoms with Crippen LogP contribution in [0.15, 0.2) is 42.7 Å². The van der Waals surface area contributed by atoms with E-state index in [0.717, 1.165) is 24.9 Å². The minimum Gasteiger partial charge on any atom is -0.475 e. The van der Waals surface area contributed by atoms with Crippen molar-refractivity contribution in [1.29, 1.82) is 0 Å². The monoisotopic (exact) mass is 425 g/mol. The number of halogens is 3. The van der Waals surface area contributed by atoms with Gasteiger partial charge in [-0.1, -0.05) is 6.07 Å². The van der Waals surface area contributed by atoms with Crippen molar-refractivity contribution in [1.82, 2.24) is 14.9 Å². The zero-order chi connectivity index (χ0) is 22.4. The number of carboxylic acids is 1. The average molecular weight is 425 g/mol. The predicted octanol–water partition coefficient (Wildman–Crippen LogP) is 2.81. The Bertz CT molecular complexity index is 868.